The maximum Gasteiger partial charge on any atom is 0.138 e. The first kappa shape index (κ1) is 10.9. The quantitative estimate of drug-likeness (QED) is 0.642. The normalized spacial score (nSPS) is 8.94. The van der Waals surface area contributed by atoms with Gasteiger partial charge in [-0.05, 0) is 18.2 Å². The predicted molar refractivity (Wildman–Crippen MR) is 61.3 cm³/mol. The van der Waals surface area contributed by atoms with Gasteiger partial charge in [-0.2, -0.15) is 5.26 Å². The van der Waals surface area contributed by atoms with Crippen LogP contribution >= 0.6 is 0 Å². The summed E-state index contributed by atoms with van der Waals surface area (Å²) in [6.45, 7) is 0. The molecular formula is C14H7FN2. The van der Waals surface area contributed by atoms with E-state index in [4.69, 9.17) is 5.26 Å². The standard InChI is InChI=1S/C14H7FN2/c15-14-4-2-1-3-13(14)6-5-11-7-12(8-16)10-17-9-11/h1-4,7,9-10H. The van der Waals surface area contributed by atoms with E-state index in [0.29, 0.717) is 16.7 Å². The Labute approximate surface area is 98.4 Å². The summed E-state index contributed by atoms with van der Waals surface area (Å²) < 4.78 is 13.3. The van der Waals surface area contributed by atoms with Gasteiger partial charge in [-0.3, -0.25) is 4.98 Å². The Morgan fingerprint density at radius 3 is 2.59 bits per heavy atom. The molecule has 1 aromatic carbocycles. The third kappa shape index (κ3) is 2.68. The Bertz CT molecular complexity index is 645. The van der Waals surface area contributed by atoms with Gasteiger partial charge < -0.3 is 0 Å². The number of benzene rings is 1. The van der Waals surface area contributed by atoms with Gasteiger partial charge in [0.25, 0.3) is 0 Å². The van der Waals surface area contributed by atoms with Crippen LogP contribution in [-0.4, -0.2) is 4.98 Å². The summed E-state index contributed by atoms with van der Waals surface area (Å²) in [5.41, 5.74) is 1.35. The summed E-state index contributed by atoms with van der Waals surface area (Å²) in [6, 6.07) is 9.87. The molecule has 17 heavy (non-hydrogen) atoms. The minimum Gasteiger partial charge on any atom is -0.262 e. The van der Waals surface area contributed by atoms with Crippen molar-refractivity contribution in [3.63, 3.8) is 0 Å². The Morgan fingerprint density at radius 2 is 1.82 bits per heavy atom. The highest BCUT2D eigenvalue weighted by Crippen LogP contribution is 2.05. The molecule has 3 heteroatoms. The number of aromatic nitrogens is 1. The fraction of sp³-hybridized carbons (Fsp3) is 0. The second-order valence-corrected chi connectivity index (χ2v) is 3.30. The molecular weight excluding hydrogens is 215 g/mol. The van der Waals surface area contributed by atoms with Crippen LogP contribution in [0.5, 0.6) is 0 Å². The summed E-state index contributed by atoms with van der Waals surface area (Å²) in [4.78, 5) is 3.87. The number of rotatable bonds is 0. The minimum atomic E-state index is -0.357. The van der Waals surface area contributed by atoms with E-state index in [1.54, 1.807) is 24.3 Å². The van der Waals surface area contributed by atoms with Crippen LogP contribution in [-0.2, 0) is 0 Å². The molecule has 0 unspecified atom stereocenters. The average Bonchev–Trinajstić information content (AvgIpc) is 2.38. The molecule has 2 rings (SSSR count). The van der Waals surface area contributed by atoms with Crippen molar-refractivity contribution in [1.29, 1.82) is 5.26 Å². The first-order valence-electron chi connectivity index (χ1n) is 4.91. The van der Waals surface area contributed by atoms with Crippen LogP contribution in [0.1, 0.15) is 16.7 Å². The van der Waals surface area contributed by atoms with Crippen LogP contribution in [0.2, 0.25) is 0 Å². The van der Waals surface area contributed by atoms with Gasteiger partial charge in [-0.25, -0.2) is 4.39 Å². The van der Waals surface area contributed by atoms with Gasteiger partial charge in [-0.1, -0.05) is 24.0 Å². The van der Waals surface area contributed by atoms with Crippen LogP contribution < -0.4 is 0 Å². The summed E-state index contributed by atoms with van der Waals surface area (Å²) in [5, 5.41) is 8.69. The molecule has 2 aromatic rings. The van der Waals surface area contributed by atoms with Gasteiger partial charge in [-0.15, -0.1) is 0 Å². The molecule has 0 saturated carbocycles. The molecule has 0 radical (unpaired) electrons. The molecule has 0 spiro atoms. The molecule has 0 bridgehead atoms. The molecule has 2 nitrogen and oxygen atoms in total. The van der Waals surface area contributed by atoms with E-state index in [0.717, 1.165) is 0 Å². The maximum atomic E-state index is 13.3. The van der Waals surface area contributed by atoms with Crippen molar-refractivity contribution in [2.45, 2.75) is 0 Å². The zero-order chi connectivity index (χ0) is 12.1. The lowest BCUT2D eigenvalue weighted by atomic mass is 10.2. The molecule has 0 aliphatic carbocycles. The van der Waals surface area contributed by atoms with Crippen LogP contribution in [0.4, 0.5) is 4.39 Å². The van der Waals surface area contributed by atoms with Crippen LogP contribution in [0, 0.1) is 29.0 Å². The number of nitrogens with zero attached hydrogens (tertiary/aromatic N) is 2. The average molecular weight is 222 g/mol. The highest BCUT2D eigenvalue weighted by molar-refractivity contribution is 5.44. The van der Waals surface area contributed by atoms with E-state index in [1.807, 2.05) is 6.07 Å². The molecule has 0 saturated heterocycles. The van der Waals surface area contributed by atoms with Crippen LogP contribution in [0.3, 0.4) is 0 Å². The zero-order valence-electron chi connectivity index (χ0n) is 8.81. The van der Waals surface area contributed by atoms with Crippen molar-refractivity contribution in [1.82, 2.24) is 4.98 Å². The third-order valence-corrected chi connectivity index (χ3v) is 2.08. The Hall–Kier alpha value is -2.65. The van der Waals surface area contributed by atoms with Crippen molar-refractivity contribution >= 4 is 0 Å². The first-order valence-corrected chi connectivity index (χ1v) is 4.91. The minimum absolute atomic E-state index is 0.329. The molecule has 1 heterocycles. The van der Waals surface area contributed by atoms with E-state index in [9.17, 15) is 4.39 Å². The van der Waals surface area contributed by atoms with Gasteiger partial charge in [0, 0.05) is 18.0 Å². The van der Waals surface area contributed by atoms with Gasteiger partial charge >= 0.3 is 0 Å². The van der Waals surface area contributed by atoms with Crippen molar-refractivity contribution in [3.8, 4) is 17.9 Å². The first-order chi connectivity index (χ1) is 8.29. The second-order valence-electron chi connectivity index (χ2n) is 3.30. The fourth-order valence-electron chi connectivity index (χ4n) is 1.27. The second kappa shape index (κ2) is 4.92. The summed E-state index contributed by atoms with van der Waals surface area (Å²) in [7, 11) is 0. The number of pyridine rings is 1. The summed E-state index contributed by atoms with van der Waals surface area (Å²) in [5.74, 6) is 5.12. The van der Waals surface area contributed by atoms with E-state index >= 15 is 0 Å². The lowest BCUT2D eigenvalue weighted by molar-refractivity contribution is 0.624. The molecule has 1 aromatic heterocycles. The van der Waals surface area contributed by atoms with Gasteiger partial charge in [0.05, 0.1) is 11.1 Å². The third-order valence-electron chi connectivity index (χ3n) is 2.08. The van der Waals surface area contributed by atoms with Crippen molar-refractivity contribution < 1.29 is 4.39 Å². The number of nitriles is 1. The highest BCUT2D eigenvalue weighted by atomic mass is 19.1. The van der Waals surface area contributed by atoms with Gasteiger partial charge in [0.1, 0.15) is 11.9 Å². The number of hydrogen-bond donors (Lipinski definition) is 0. The van der Waals surface area contributed by atoms with Gasteiger partial charge in [0.2, 0.25) is 0 Å². The van der Waals surface area contributed by atoms with Crippen molar-refractivity contribution in [2.24, 2.45) is 0 Å². The lowest BCUT2D eigenvalue weighted by Gasteiger charge is -1.92. The smallest absolute Gasteiger partial charge is 0.138 e. The summed E-state index contributed by atoms with van der Waals surface area (Å²) >= 11 is 0. The van der Waals surface area contributed by atoms with E-state index < -0.39 is 0 Å². The Kier molecular flexibility index (Phi) is 3.14. The zero-order valence-corrected chi connectivity index (χ0v) is 8.81. The summed E-state index contributed by atoms with van der Waals surface area (Å²) in [6.07, 6.45) is 2.99. The molecule has 0 amide bonds. The van der Waals surface area contributed by atoms with E-state index in [-0.39, 0.29) is 5.82 Å². The van der Waals surface area contributed by atoms with Crippen molar-refractivity contribution in [3.05, 3.63) is 65.2 Å². The SMILES string of the molecule is N#Cc1cncc(C#Cc2ccccc2F)c1. The predicted octanol–water partition coefficient (Wildman–Crippen LogP) is 2.49. The monoisotopic (exact) mass is 222 g/mol. The lowest BCUT2D eigenvalue weighted by Crippen LogP contribution is -1.84. The van der Waals surface area contributed by atoms with E-state index in [2.05, 4.69) is 16.8 Å². The molecule has 0 aliphatic rings. The Morgan fingerprint density at radius 1 is 1.06 bits per heavy atom. The fourth-order valence-corrected chi connectivity index (χ4v) is 1.27. The maximum absolute atomic E-state index is 13.3. The van der Waals surface area contributed by atoms with Gasteiger partial charge in [0.15, 0.2) is 0 Å². The molecule has 0 N–H and O–H groups in total. The number of hydrogen-bond acceptors (Lipinski definition) is 2. The highest BCUT2D eigenvalue weighted by Gasteiger charge is 1.96. The molecule has 0 atom stereocenters. The topological polar surface area (TPSA) is 36.7 Å². The van der Waals surface area contributed by atoms with Crippen molar-refractivity contribution in [2.75, 3.05) is 0 Å². The molecule has 80 valence electrons. The van der Waals surface area contributed by atoms with Crippen LogP contribution in [0.15, 0.2) is 42.7 Å². The molecule has 0 fully saturated rings. The number of halogens is 1. The molecule has 0 aliphatic heterocycles. The largest absolute Gasteiger partial charge is 0.262 e. The van der Waals surface area contributed by atoms with Crippen LogP contribution in [0.25, 0.3) is 0 Å². The van der Waals surface area contributed by atoms with E-state index in [1.165, 1.54) is 18.5 Å². The Balaban J connectivity index is 2.34.